The minimum absolute atomic E-state index is 0.126. The van der Waals surface area contributed by atoms with E-state index in [-0.39, 0.29) is 5.91 Å². The molecule has 0 atom stereocenters. The largest absolute Gasteiger partial charge is 0.305 e. The first-order valence-electron chi connectivity index (χ1n) is 6.41. The van der Waals surface area contributed by atoms with Crippen LogP contribution in [0.3, 0.4) is 0 Å². The Bertz CT molecular complexity index is 599. The molecule has 1 amide bonds. The summed E-state index contributed by atoms with van der Waals surface area (Å²) in [7, 11) is 0. The molecule has 0 aliphatic rings. The Morgan fingerprint density at radius 2 is 2.00 bits per heavy atom. The fourth-order valence-corrected chi connectivity index (χ4v) is 1.95. The lowest BCUT2D eigenvalue weighted by atomic mass is 10.1. The van der Waals surface area contributed by atoms with Gasteiger partial charge in [0.25, 0.3) is 5.91 Å². The van der Waals surface area contributed by atoms with Crippen LogP contribution in [0, 0.1) is 13.8 Å². The van der Waals surface area contributed by atoms with Gasteiger partial charge in [0.15, 0.2) is 5.82 Å². The molecule has 0 saturated heterocycles. The Balaban J connectivity index is 2.16. The smallest absolute Gasteiger partial charge is 0.257 e. The van der Waals surface area contributed by atoms with E-state index in [1.54, 1.807) is 0 Å². The average molecular weight is 257 g/mol. The van der Waals surface area contributed by atoms with Crippen molar-refractivity contribution in [2.45, 2.75) is 33.6 Å². The SMILES string of the molecule is Cc1ccc(C(=O)Nc2cc(C(C)C)[nH]n2)c(C)c1. The molecule has 0 radical (unpaired) electrons. The van der Waals surface area contributed by atoms with Crippen LogP contribution in [0.2, 0.25) is 0 Å². The highest BCUT2D eigenvalue weighted by molar-refractivity contribution is 6.04. The third-order valence-electron chi connectivity index (χ3n) is 3.09. The molecule has 0 aliphatic heterocycles. The molecule has 2 aromatic rings. The summed E-state index contributed by atoms with van der Waals surface area (Å²) in [5, 5.41) is 9.83. The van der Waals surface area contributed by atoms with E-state index in [9.17, 15) is 4.79 Å². The highest BCUT2D eigenvalue weighted by Crippen LogP contribution is 2.16. The average Bonchev–Trinajstić information content (AvgIpc) is 2.77. The van der Waals surface area contributed by atoms with Crippen LogP contribution in [-0.4, -0.2) is 16.1 Å². The number of nitrogens with one attached hydrogen (secondary N) is 2. The van der Waals surface area contributed by atoms with Crippen LogP contribution in [0.5, 0.6) is 0 Å². The van der Waals surface area contributed by atoms with Gasteiger partial charge in [0.05, 0.1) is 0 Å². The molecule has 0 spiro atoms. The lowest BCUT2D eigenvalue weighted by molar-refractivity contribution is 0.102. The number of hydrogen-bond acceptors (Lipinski definition) is 2. The van der Waals surface area contributed by atoms with Crippen molar-refractivity contribution in [2.24, 2.45) is 0 Å². The van der Waals surface area contributed by atoms with Gasteiger partial charge in [0.1, 0.15) is 0 Å². The molecule has 0 saturated carbocycles. The summed E-state index contributed by atoms with van der Waals surface area (Å²) in [5.41, 5.74) is 3.81. The molecule has 0 fully saturated rings. The molecule has 0 aliphatic carbocycles. The standard InChI is InChI=1S/C15H19N3O/c1-9(2)13-8-14(18-17-13)16-15(19)12-6-5-10(3)7-11(12)4/h5-9H,1-4H3,(H2,16,17,18,19). The van der Waals surface area contributed by atoms with E-state index in [0.29, 0.717) is 17.3 Å². The lowest BCUT2D eigenvalue weighted by Gasteiger charge is -2.06. The van der Waals surface area contributed by atoms with Crippen LogP contribution in [0.15, 0.2) is 24.3 Å². The van der Waals surface area contributed by atoms with Crippen LogP contribution < -0.4 is 5.32 Å². The maximum atomic E-state index is 12.2. The Morgan fingerprint density at radius 3 is 2.58 bits per heavy atom. The van der Waals surface area contributed by atoms with Gasteiger partial charge in [-0.25, -0.2) is 0 Å². The second-order valence-corrected chi connectivity index (χ2v) is 5.14. The van der Waals surface area contributed by atoms with Crippen molar-refractivity contribution >= 4 is 11.7 Å². The van der Waals surface area contributed by atoms with E-state index in [0.717, 1.165) is 16.8 Å². The molecule has 19 heavy (non-hydrogen) atoms. The molecule has 1 aromatic heterocycles. The summed E-state index contributed by atoms with van der Waals surface area (Å²) in [6, 6.07) is 7.65. The van der Waals surface area contributed by atoms with Gasteiger partial charge in [-0.2, -0.15) is 5.10 Å². The number of carbonyl (C=O) groups is 1. The Kier molecular flexibility index (Phi) is 3.69. The maximum Gasteiger partial charge on any atom is 0.257 e. The molecule has 4 heteroatoms. The van der Waals surface area contributed by atoms with Crippen LogP contribution >= 0.6 is 0 Å². The minimum Gasteiger partial charge on any atom is -0.305 e. The molecular weight excluding hydrogens is 238 g/mol. The number of H-pyrrole nitrogens is 1. The quantitative estimate of drug-likeness (QED) is 0.885. The van der Waals surface area contributed by atoms with E-state index in [1.807, 2.05) is 38.1 Å². The van der Waals surface area contributed by atoms with Crippen molar-refractivity contribution in [2.75, 3.05) is 5.32 Å². The molecule has 4 nitrogen and oxygen atoms in total. The van der Waals surface area contributed by atoms with Gasteiger partial charge in [0, 0.05) is 17.3 Å². The minimum atomic E-state index is -0.126. The van der Waals surface area contributed by atoms with Crippen LogP contribution in [0.25, 0.3) is 0 Å². The number of nitrogens with zero attached hydrogens (tertiary/aromatic N) is 1. The molecule has 1 heterocycles. The second-order valence-electron chi connectivity index (χ2n) is 5.14. The first-order valence-corrected chi connectivity index (χ1v) is 6.41. The summed E-state index contributed by atoms with van der Waals surface area (Å²) in [6.07, 6.45) is 0. The molecule has 100 valence electrons. The summed E-state index contributed by atoms with van der Waals surface area (Å²) in [4.78, 5) is 12.2. The first-order chi connectivity index (χ1) is 8.97. The lowest BCUT2D eigenvalue weighted by Crippen LogP contribution is -2.13. The van der Waals surface area contributed by atoms with Gasteiger partial charge in [0.2, 0.25) is 0 Å². The molecule has 1 aromatic carbocycles. The monoisotopic (exact) mass is 257 g/mol. The number of anilines is 1. The topological polar surface area (TPSA) is 57.8 Å². The number of aromatic nitrogens is 2. The number of aromatic amines is 1. The van der Waals surface area contributed by atoms with Crippen molar-refractivity contribution in [3.8, 4) is 0 Å². The zero-order chi connectivity index (χ0) is 14.0. The second kappa shape index (κ2) is 5.26. The van der Waals surface area contributed by atoms with Gasteiger partial charge in [-0.1, -0.05) is 31.5 Å². The van der Waals surface area contributed by atoms with Gasteiger partial charge in [-0.15, -0.1) is 0 Å². The first kappa shape index (κ1) is 13.3. The van der Waals surface area contributed by atoms with Crippen LogP contribution in [0.1, 0.15) is 46.9 Å². The van der Waals surface area contributed by atoms with Gasteiger partial charge < -0.3 is 5.32 Å². The van der Waals surface area contributed by atoms with Gasteiger partial charge in [-0.3, -0.25) is 9.89 Å². The maximum absolute atomic E-state index is 12.2. The number of amides is 1. The molecule has 2 rings (SSSR count). The van der Waals surface area contributed by atoms with Gasteiger partial charge in [-0.05, 0) is 31.4 Å². The third kappa shape index (κ3) is 3.02. The number of aryl methyl sites for hydroxylation is 2. The Labute approximate surface area is 113 Å². The van der Waals surface area contributed by atoms with Crippen LogP contribution in [0.4, 0.5) is 5.82 Å². The zero-order valence-corrected chi connectivity index (χ0v) is 11.7. The number of carbonyl (C=O) groups excluding carboxylic acids is 1. The third-order valence-corrected chi connectivity index (χ3v) is 3.09. The summed E-state index contributed by atoms with van der Waals surface area (Å²) in [5.74, 6) is 0.798. The number of rotatable bonds is 3. The van der Waals surface area contributed by atoms with Crippen LogP contribution in [-0.2, 0) is 0 Å². The predicted octanol–water partition coefficient (Wildman–Crippen LogP) is 3.40. The molecule has 0 unspecified atom stereocenters. The highest BCUT2D eigenvalue weighted by Gasteiger charge is 2.11. The van der Waals surface area contributed by atoms with Crippen molar-refractivity contribution in [3.63, 3.8) is 0 Å². The van der Waals surface area contributed by atoms with E-state index in [1.165, 1.54) is 0 Å². The van der Waals surface area contributed by atoms with E-state index >= 15 is 0 Å². The van der Waals surface area contributed by atoms with Crippen molar-refractivity contribution in [1.82, 2.24) is 10.2 Å². The summed E-state index contributed by atoms with van der Waals surface area (Å²) >= 11 is 0. The van der Waals surface area contributed by atoms with Crippen molar-refractivity contribution < 1.29 is 4.79 Å². The van der Waals surface area contributed by atoms with E-state index in [2.05, 4.69) is 29.4 Å². The fraction of sp³-hybridized carbons (Fsp3) is 0.333. The highest BCUT2D eigenvalue weighted by atomic mass is 16.1. The van der Waals surface area contributed by atoms with Gasteiger partial charge >= 0.3 is 0 Å². The Morgan fingerprint density at radius 1 is 1.26 bits per heavy atom. The predicted molar refractivity (Wildman–Crippen MR) is 76.5 cm³/mol. The number of benzene rings is 1. The normalized spacial score (nSPS) is 10.8. The summed E-state index contributed by atoms with van der Waals surface area (Å²) < 4.78 is 0. The summed E-state index contributed by atoms with van der Waals surface area (Å²) in [6.45, 7) is 8.09. The molecule has 0 bridgehead atoms. The zero-order valence-electron chi connectivity index (χ0n) is 11.7. The fourth-order valence-electron chi connectivity index (χ4n) is 1.95. The number of hydrogen-bond donors (Lipinski definition) is 2. The Hall–Kier alpha value is -2.10. The van der Waals surface area contributed by atoms with E-state index < -0.39 is 0 Å². The van der Waals surface area contributed by atoms with Crippen molar-refractivity contribution in [3.05, 3.63) is 46.6 Å². The molecular formula is C15H19N3O. The van der Waals surface area contributed by atoms with Crippen molar-refractivity contribution in [1.29, 1.82) is 0 Å². The van der Waals surface area contributed by atoms with E-state index in [4.69, 9.17) is 0 Å². The molecule has 2 N–H and O–H groups in total.